The lowest BCUT2D eigenvalue weighted by molar-refractivity contribution is -0.147. The molecule has 0 bridgehead atoms. The molecule has 1 heterocycles. The maximum atomic E-state index is 10.3. The Hall–Kier alpha value is -1.08. The van der Waals surface area contributed by atoms with Crippen molar-refractivity contribution in [2.24, 2.45) is 5.92 Å². The fourth-order valence-electron chi connectivity index (χ4n) is 1.07. The second-order valence-corrected chi connectivity index (χ2v) is 2.79. The summed E-state index contributed by atoms with van der Waals surface area (Å²) < 4.78 is 0. The lowest BCUT2D eigenvalue weighted by atomic mass is 9.99. The van der Waals surface area contributed by atoms with E-state index in [1.54, 1.807) is 6.92 Å². The summed E-state index contributed by atoms with van der Waals surface area (Å²) in [6.45, 7) is 2.81. The maximum absolute atomic E-state index is 10.3. The summed E-state index contributed by atoms with van der Waals surface area (Å²) in [4.78, 5) is 12.2. The van der Waals surface area contributed by atoms with E-state index in [1.807, 2.05) is 4.90 Å². The van der Waals surface area contributed by atoms with Gasteiger partial charge in [-0.25, -0.2) is 0 Å². The van der Waals surface area contributed by atoms with Crippen LogP contribution in [0.5, 0.6) is 0 Å². The summed E-state index contributed by atoms with van der Waals surface area (Å²) in [5.74, 6) is -1.02. The van der Waals surface area contributed by atoms with Crippen LogP contribution in [0.15, 0.2) is 0 Å². The molecule has 1 rings (SSSR count). The van der Waals surface area contributed by atoms with Gasteiger partial charge in [0.2, 0.25) is 0 Å². The van der Waals surface area contributed by atoms with Crippen LogP contribution in [-0.4, -0.2) is 35.1 Å². The zero-order valence-electron chi connectivity index (χ0n) is 6.32. The number of hydrogen-bond acceptors (Lipinski definition) is 3. The first kappa shape index (κ1) is 8.02. The Balaban J connectivity index is 2.30. The van der Waals surface area contributed by atoms with Gasteiger partial charge in [0.15, 0.2) is 0 Å². The predicted molar refractivity (Wildman–Crippen MR) is 37.8 cm³/mol. The van der Waals surface area contributed by atoms with Crippen LogP contribution < -0.4 is 0 Å². The van der Waals surface area contributed by atoms with Crippen molar-refractivity contribution in [3.05, 3.63) is 0 Å². The van der Waals surface area contributed by atoms with Crippen molar-refractivity contribution in [1.82, 2.24) is 4.90 Å². The van der Waals surface area contributed by atoms with Crippen LogP contribution in [0.25, 0.3) is 0 Å². The second kappa shape index (κ2) is 2.89. The molecule has 11 heavy (non-hydrogen) atoms. The lowest BCUT2D eigenvalue weighted by Crippen LogP contribution is -2.53. The average molecular weight is 154 g/mol. The molecule has 1 N–H and O–H groups in total. The minimum atomic E-state index is -0.758. The van der Waals surface area contributed by atoms with E-state index in [4.69, 9.17) is 10.4 Å². The molecule has 0 saturated carbocycles. The Kier molecular flexibility index (Phi) is 2.11. The summed E-state index contributed by atoms with van der Waals surface area (Å²) in [6.07, 6.45) is 0. The van der Waals surface area contributed by atoms with E-state index < -0.39 is 5.97 Å². The smallest absolute Gasteiger partial charge is 0.309 e. The van der Waals surface area contributed by atoms with Crippen LogP contribution in [-0.2, 0) is 4.79 Å². The topological polar surface area (TPSA) is 64.3 Å². The highest BCUT2D eigenvalue weighted by Crippen LogP contribution is 2.17. The van der Waals surface area contributed by atoms with E-state index >= 15 is 0 Å². The molecular weight excluding hydrogens is 144 g/mol. The molecule has 4 heteroatoms. The van der Waals surface area contributed by atoms with Crippen molar-refractivity contribution in [3.8, 4) is 6.07 Å². The molecular formula is C7H10N2O2. The molecule has 0 aromatic carbocycles. The summed E-state index contributed by atoms with van der Waals surface area (Å²) in [7, 11) is 0. The van der Waals surface area contributed by atoms with Crippen molar-refractivity contribution >= 4 is 5.97 Å². The van der Waals surface area contributed by atoms with Crippen molar-refractivity contribution in [3.63, 3.8) is 0 Å². The highest BCUT2D eigenvalue weighted by atomic mass is 16.4. The first-order chi connectivity index (χ1) is 5.15. The number of carbonyl (C=O) groups is 1. The number of nitriles is 1. The summed E-state index contributed by atoms with van der Waals surface area (Å²) in [5, 5.41) is 17.0. The lowest BCUT2D eigenvalue weighted by Gasteiger charge is -2.38. The number of aliphatic carboxylic acids is 1. The molecule has 0 amide bonds. The molecule has 1 saturated heterocycles. The summed E-state index contributed by atoms with van der Waals surface area (Å²) >= 11 is 0. The molecule has 60 valence electrons. The fourth-order valence-corrected chi connectivity index (χ4v) is 1.07. The van der Waals surface area contributed by atoms with Crippen LogP contribution in [0.1, 0.15) is 6.92 Å². The van der Waals surface area contributed by atoms with Gasteiger partial charge in [-0.2, -0.15) is 5.26 Å². The number of carboxylic acids is 1. The van der Waals surface area contributed by atoms with Crippen molar-refractivity contribution < 1.29 is 9.90 Å². The zero-order chi connectivity index (χ0) is 8.43. The van der Waals surface area contributed by atoms with Gasteiger partial charge in [-0.1, -0.05) is 0 Å². The molecule has 1 unspecified atom stereocenters. The van der Waals surface area contributed by atoms with Gasteiger partial charge in [0, 0.05) is 13.1 Å². The van der Waals surface area contributed by atoms with Crippen LogP contribution in [0.3, 0.4) is 0 Å². The van der Waals surface area contributed by atoms with Crippen LogP contribution >= 0.6 is 0 Å². The molecule has 0 spiro atoms. The summed E-state index contributed by atoms with van der Waals surface area (Å²) in [6, 6.07) is 1.91. The molecule has 0 aromatic rings. The average Bonchev–Trinajstić information content (AvgIpc) is 1.83. The SMILES string of the molecule is CC(C#N)N1CC(C(=O)O)C1. The highest BCUT2D eigenvalue weighted by molar-refractivity contribution is 5.71. The standard InChI is InChI=1S/C7H10N2O2/c1-5(2-8)9-3-6(4-9)7(10)11/h5-6H,3-4H2,1H3,(H,10,11). The van der Waals surface area contributed by atoms with Gasteiger partial charge in [0.05, 0.1) is 18.0 Å². The first-order valence-corrected chi connectivity index (χ1v) is 3.51. The number of rotatable bonds is 2. The molecule has 1 aliphatic rings. The quantitative estimate of drug-likeness (QED) is 0.604. The number of likely N-dealkylation sites (tertiary alicyclic amines) is 1. The molecule has 0 aromatic heterocycles. The Morgan fingerprint density at radius 1 is 1.82 bits per heavy atom. The van der Waals surface area contributed by atoms with Gasteiger partial charge in [-0.3, -0.25) is 9.69 Å². The molecule has 4 nitrogen and oxygen atoms in total. The van der Waals surface area contributed by atoms with Crippen molar-refractivity contribution in [2.45, 2.75) is 13.0 Å². The zero-order valence-corrected chi connectivity index (χ0v) is 6.32. The third-order valence-electron chi connectivity index (χ3n) is 1.99. The molecule has 1 aliphatic heterocycles. The molecule has 1 fully saturated rings. The van der Waals surface area contributed by atoms with Gasteiger partial charge in [0.1, 0.15) is 0 Å². The van der Waals surface area contributed by atoms with Crippen LogP contribution in [0.2, 0.25) is 0 Å². The fraction of sp³-hybridized carbons (Fsp3) is 0.714. The highest BCUT2D eigenvalue weighted by Gasteiger charge is 2.34. The number of carboxylic acid groups (broad SMARTS) is 1. The van der Waals surface area contributed by atoms with Crippen molar-refractivity contribution in [1.29, 1.82) is 5.26 Å². The van der Waals surface area contributed by atoms with E-state index in [1.165, 1.54) is 0 Å². The van der Waals surface area contributed by atoms with E-state index in [-0.39, 0.29) is 12.0 Å². The van der Waals surface area contributed by atoms with Gasteiger partial charge >= 0.3 is 5.97 Å². The Morgan fingerprint density at radius 2 is 2.36 bits per heavy atom. The third kappa shape index (κ3) is 1.49. The minimum absolute atomic E-state index is 0.148. The van der Waals surface area contributed by atoms with E-state index in [9.17, 15) is 4.79 Å². The monoisotopic (exact) mass is 154 g/mol. The Labute approximate surface area is 65.0 Å². The summed E-state index contributed by atoms with van der Waals surface area (Å²) in [5.41, 5.74) is 0. The Morgan fingerprint density at radius 3 is 2.73 bits per heavy atom. The van der Waals surface area contributed by atoms with E-state index in [0.717, 1.165) is 0 Å². The normalized spacial score (nSPS) is 21.8. The molecule has 1 atom stereocenters. The molecule has 0 aliphatic carbocycles. The number of nitrogens with zero attached hydrogens (tertiary/aromatic N) is 2. The van der Waals surface area contributed by atoms with Gasteiger partial charge in [-0.15, -0.1) is 0 Å². The van der Waals surface area contributed by atoms with Gasteiger partial charge < -0.3 is 5.11 Å². The van der Waals surface area contributed by atoms with Gasteiger partial charge in [-0.05, 0) is 6.92 Å². The minimum Gasteiger partial charge on any atom is -0.481 e. The first-order valence-electron chi connectivity index (χ1n) is 3.51. The predicted octanol–water partition coefficient (Wildman–Crippen LogP) is -0.0851. The number of hydrogen-bond donors (Lipinski definition) is 1. The van der Waals surface area contributed by atoms with Gasteiger partial charge in [0.25, 0.3) is 0 Å². The second-order valence-electron chi connectivity index (χ2n) is 2.79. The van der Waals surface area contributed by atoms with E-state index in [0.29, 0.717) is 13.1 Å². The van der Waals surface area contributed by atoms with E-state index in [2.05, 4.69) is 6.07 Å². The van der Waals surface area contributed by atoms with Crippen LogP contribution in [0.4, 0.5) is 0 Å². The Bertz CT molecular complexity index is 203. The molecule has 0 radical (unpaired) electrons. The third-order valence-corrected chi connectivity index (χ3v) is 1.99. The maximum Gasteiger partial charge on any atom is 0.309 e. The van der Waals surface area contributed by atoms with Crippen molar-refractivity contribution in [2.75, 3.05) is 13.1 Å². The van der Waals surface area contributed by atoms with Crippen LogP contribution in [0, 0.1) is 17.2 Å². The largest absolute Gasteiger partial charge is 0.481 e.